The number of hydrogen-bond donors (Lipinski definition) is 2. The number of nitrogens with zero attached hydrogens (tertiary/aromatic N) is 1. The van der Waals surface area contributed by atoms with Gasteiger partial charge in [0.25, 0.3) is 0 Å². The molecule has 0 bridgehead atoms. The van der Waals surface area contributed by atoms with Crippen molar-refractivity contribution >= 4 is 33.2 Å². The number of nitrogens with one attached hydrogen (secondary N) is 2. The third-order valence-electron chi connectivity index (χ3n) is 2.79. The van der Waals surface area contributed by atoms with Gasteiger partial charge in [-0.25, -0.2) is 13.2 Å². The van der Waals surface area contributed by atoms with Crippen molar-refractivity contribution in [1.82, 2.24) is 10.3 Å². The van der Waals surface area contributed by atoms with E-state index in [0.717, 1.165) is 11.8 Å². The summed E-state index contributed by atoms with van der Waals surface area (Å²) in [5.41, 5.74) is 1.07. The Balaban J connectivity index is 2.05. The van der Waals surface area contributed by atoms with Crippen LogP contribution in [0.1, 0.15) is 5.56 Å². The summed E-state index contributed by atoms with van der Waals surface area (Å²) in [5.74, 6) is 0. The molecule has 0 atom stereocenters. The molecule has 22 heavy (non-hydrogen) atoms. The van der Waals surface area contributed by atoms with Gasteiger partial charge < -0.3 is 10.6 Å². The van der Waals surface area contributed by atoms with E-state index >= 15 is 0 Å². The molecule has 0 aliphatic rings. The van der Waals surface area contributed by atoms with Gasteiger partial charge in [0.1, 0.15) is 0 Å². The number of anilines is 1. The predicted molar refractivity (Wildman–Crippen MR) is 84.7 cm³/mol. The molecule has 0 radical (unpaired) electrons. The molecule has 8 heteroatoms. The largest absolute Gasteiger partial charge is 0.334 e. The number of rotatable bonds is 4. The van der Waals surface area contributed by atoms with E-state index in [1.807, 2.05) is 6.07 Å². The number of pyridine rings is 1. The average Bonchev–Trinajstić information content (AvgIpc) is 2.47. The van der Waals surface area contributed by atoms with Gasteiger partial charge in [0.2, 0.25) is 0 Å². The fourth-order valence-corrected chi connectivity index (χ4v) is 2.49. The molecule has 1 aromatic carbocycles. The maximum atomic E-state index is 11.8. The molecule has 1 aromatic heterocycles. The lowest BCUT2D eigenvalue weighted by Crippen LogP contribution is -2.28. The Morgan fingerprint density at radius 1 is 1.32 bits per heavy atom. The molecule has 0 spiro atoms. The Labute approximate surface area is 133 Å². The van der Waals surface area contributed by atoms with Crippen LogP contribution in [0.3, 0.4) is 0 Å². The van der Waals surface area contributed by atoms with Crippen molar-refractivity contribution in [2.45, 2.75) is 11.4 Å². The molecule has 0 saturated heterocycles. The number of aromatic nitrogens is 1. The lowest BCUT2D eigenvalue weighted by molar-refractivity contribution is 0.251. The van der Waals surface area contributed by atoms with Crippen LogP contribution in [-0.2, 0) is 16.4 Å². The maximum absolute atomic E-state index is 11.8. The molecule has 6 nitrogen and oxygen atoms in total. The van der Waals surface area contributed by atoms with Gasteiger partial charge in [0, 0.05) is 25.2 Å². The Morgan fingerprint density at radius 2 is 2.09 bits per heavy atom. The zero-order valence-corrected chi connectivity index (χ0v) is 13.3. The van der Waals surface area contributed by atoms with Crippen LogP contribution in [0.15, 0.2) is 47.6 Å². The summed E-state index contributed by atoms with van der Waals surface area (Å²) < 4.78 is 23.0. The van der Waals surface area contributed by atoms with Gasteiger partial charge in [0.05, 0.1) is 15.6 Å². The smallest absolute Gasteiger partial charge is 0.319 e. The lowest BCUT2D eigenvalue weighted by atomic mass is 10.3. The predicted octanol–water partition coefficient (Wildman–Crippen LogP) is 2.46. The van der Waals surface area contributed by atoms with Gasteiger partial charge in [-0.1, -0.05) is 17.7 Å². The molecule has 0 fully saturated rings. The molecule has 116 valence electrons. The maximum Gasteiger partial charge on any atom is 0.319 e. The van der Waals surface area contributed by atoms with Crippen molar-refractivity contribution in [2.75, 3.05) is 11.6 Å². The van der Waals surface area contributed by atoms with Crippen molar-refractivity contribution in [2.24, 2.45) is 0 Å². The molecule has 0 aliphatic heterocycles. The van der Waals surface area contributed by atoms with Crippen molar-refractivity contribution in [3.05, 3.63) is 53.3 Å². The van der Waals surface area contributed by atoms with Gasteiger partial charge in [0.15, 0.2) is 9.84 Å². The quantitative estimate of drug-likeness (QED) is 0.895. The number of carbonyl (C=O) groups excluding carboxylic acids is 1. The van der Waals surface area contributed by atoms with Crippen molar-refractivity contribution in [1.29, 1.82) is 0 Å². The summed E-state index contributed by atoms with van der Waals surface area (Å²) in [7, 11) is -3.37. The molecule has 2 rings (SSSR count). The highest BCUT2D eigenvalue weighted by atomic mass is 35.5. The summed E-state index contributed by atoms with van der Waals surface area (Å²) in [6.07, 6.45) is 4.36. The molecule has 0 saturated carbocycles. The zero-order valence-electron chi connectivity index (χ0n) is 11.7. The number of urea groups is 1. The Bertz CT molecular complexity index is 779. The zero-order chi connectivity index (χ0) is 16.2. The van der Waals surface area contributed by atoms with E-state index in [2.05, 4.69) is 15.6 Å². The number of sulfone groups is 1. The lowest BCUT2D eigenvalue weighted by Gasteiger charge is -2.10. The highest BCUT2D eigenvalue weighted by molar-refractivity contribution is 7.90. The second kappa shape index (κ2) is 6.76. The highest BCUT2D eigenvalue weighted by Crippen LogP contribution is 2.25. The molecule has 2 aromatic rings. The van der Waals surface area contributed by atoms with Crippen molar-refractivity contribution < 1.29 is 13.2 Å². The third kappa shape index (κ3) is 4.44. The fourth-order valence-electron chi connectivity index (χ4n) is 1.68. The summed E-state index contributed by atoms with van der Waals surface area (Å²) in [6.45, 7) is 0.295. The van der Waals surface area contributed by atoms with E-state index < -0.39 is 15.9 Å². The van der Waals surface area contributed by atoms with E-state index in [1.165, 1.54) is 18.2 Å². The molecule has 2 N–H and O–H groups in total. The van der Waals surface area contributed by atoms with E-state index in [9.17, 15) is 13.2 Å². The summed E-state index contributed by atoms with van der Waals surface area (Å²) in [4.78, 5) is 15.9. The van der Waals surface area contributed by atoms with Gasteiger partial charge in [-0.15, -0.1) is 0 Å². The van der Waals surface area contributed by atoms with Crippen LogP contribution in [0.25, 0.3) is 0 Å². The highest BCUT2D eigenvalue weighted by Gasteiger charge is 2.12. The van der Waals surface area contributed by atoms with Crippen molar-refractivity contribution in [3.63, 3.8) is 0 Å². The molecular formula is C14H14ClN3O3S. The monoisotopic (exact) mass is 339 g/mol. The first-order valence-corrected chi connectivity index (χ1v) is 8.56. The molecular weight excluding hydrogens is 326 g/mol. The molecule has 0 aliphatic carbocycles. The SMILES string of the molecule is CS(=O)(=O)c1ccc(Cl)c(NC(=O)NCc2cccnc2)c1. The van der Waals surface area contributed by atoms with Crippen LogP contribution in [0, 0.1) is 0 Å². The minimum absolute atomic E-state index is 0.0828. The molecule has 0 unspecified atom stereocenters. The van der Waals surface area contributed by atoms with E-state index in [1.54, 1.807) is 18.5 Å². The molecule has 2 amide bonds. The minimum Gasteiger partial charge on any atom is -0.334 e. The Hall–Kier alpha value is -2.12. The second-order valence-corrected chi connectivity index (χ2v) is 7.01. The number of benzene rings is 1. The average molecular weight is 340 g/mol. The molecule has 1 heterocycles. The topological polar surface area (TPSA) is 88.2 Å². The van der Waals surface area contributed by atoms with E-state index in [-0.39, 0.29) is 15.6 Å². The fraction of sp³-hybridized carbons (Fsp3) is 0.143. The first-order valence-electron chi connectivity index (χ1n) is 6.29. The van der Waals surface area contributed by atoms with E-state index in [0.29, 0.717) is 6.54 Å². The van der Waals surface area contributed by atoms with E-state index in [4.69, 9.17) is 11.6 Å². The third-order valence-corrected chi connectivity index (χ3v) is 4.23. The van der Waals surface area contributed by atoms with Crippen LogP contribution in [0.5, 0.6) is 0 Å². The standard InChI is InChI=1S/C14H14ClN3O3S/c1-22(20,21)11-4-5-12(15)13(7-11)18-14(19)17-9-10-3-2-6-16-8-10/h2-8H,9H2,1H3,(H2,17,18,19). The summed E-state index contributed by atoms with van der Waals surface area (Å²) in [5, 5.41) is 5.41. The van der Waals surface area contributed by atoms with Crippen LogP contribution < -0.4 is 10.6 Å². The summed E-state index contributed by atoms with van der Waals surface area (Å²) in [6, 6.07) is 7.23. The van der Waals surface area contributed by atoms with Crippen LogP contribution in [0.4, 0.5) is 10.5 Å². The van der Waals surface area contributed by atoms with Gasteiger partial charge >= 0.3 is 6.03 Å². The number of amides is 2. The minimum atomic E-state index is -3.37. The first kappa shape index (κ1) is 16.3. The Morgan fingerprint density at radius 3 is 2.73 bits per heavy atom. The van der Waals surface area contributed by atoms with Crippen LogP contribution in [0.2, 0.25) is 5.02 Å². The van der Waals surface area contributed by atoms with Crippen LogP contribution in [-0.4, -0.2) is 25.7 Å². The Kier molecular flexibility index (Phi) is 4.99. The van der Waals surface area contributed by atoms with Gasteiger partial charge in [-0.05, 0) is 29.8 Å². The normalized spacial score (nSPS) is 11.0. The number of hydrogen-bond acceptors (Lipinski definition) is 4. The van der Waals surface area contributed by atoms with Crippen LogP contribution >= 0.6 is 11.6 Å². The second-order valence-electron chi connectivity index (χ2n) is 4.58. The first-order chi connectivity index (χ1) is 10.4. The number of halogens is 1. The van der Waals surface area contributed by atoms with Crippen molar-refractivity contribution in [3.8, 4) is 0 Å². The van der Waals surface area contributed by atoms with Gasteiger partial charge in [-0.3, -0.25) is 4.98 Å². The summed E-state index contributed by atoms with van der Waals surface area (Å²) >= 11 is 5.96. The van der Waals surface area contributed by atoms with Gasteiger partial charge in [-0.2, -0.15) is 0 Å². The number of carbonyl (C=O) groups is 1.